The number of hydrogen-bond donors (Lipinski definition) is 1. The summed E-state index contributed by atoms with van der Waals surface area (Å²) < 4.78 is 18.6. The van der Waals surface area contributed by atoms with E-state index in [1.807, 2.05) is 0 Å². The van der Waals surface area contributed by atoms with E-state index in [4.69, 9.17) is 10.3 Å². The molecule has 6 heteroatoms. The van der Waals surface area contributed by atoms with Crippen molar-refractivity contribution in [3.63, 3.8) is 0 Å². The lowest BCUT2D eigenvalue weighted by atomic mass is 10.2. The number of nitrogen functional groups attached to an aromatic ring is 1. The Morgan fingerprint density at radius 3 is 2.70 bits per heavy atom. The summed E-state index contributed by atoms with van der Waals surface area (Å²) in [7, 11) is 0. The molecule has 1 heterocycles. The standard InChI is InChI=1S/C14H19FN4O/c1-3-19(4-2)8-7-13-17-14(20-18-13)10-5-6-12(16)11(15)9-10/h5-6,9H,3-4,7-8,16H2,1-2H3. The van der Waals surface area contributed by atoms with E-state index in [2.05, 4.69) is 28.9 Å². The Morgan fingerprint density at radius 1 is 1.30 bits per heavy atom. The molecule has 0 atom stereocenters. The zero-order valence-electron chi connectivity index (χ0n) is 11.8. The lowest BCUT2D eigenvalue weighted by Crippen LogP contribution is -2.25. The van der Waals surface area contributed by atoms with Gasteiger partial charge in [-0.2, -0.15) is 4.98 Å². The first-order valence-corrected chi connectivity index (χ1v) is 6.74. The maximum Gasteiger partial charge on any atom is 0.258 e. The zero-order valence-corrected chi connectivity index (χ0v) is 11.8. The van der Waals surface area contributed by atoms with Gasteiger partial charge in [0.1, 0.15) is 5.82 Å². The highest BCUT2D eigenvalue weighted by Crippen LogP contribution is 2.21. The monoisotopic (exact) mass is 278 g/mol. The number of rotatable bonds is 6. The van der Waals surface area contributed by atoms with Crippen molar-refractivity contribution in [2.75, 3.05) is 25.4 Å². The van der Waals surface area contributed by atoms with Gasteiger partial charge in [0.25, 0.3) is 5.89 Å². The maximum atomic E-state index is 13.4. The second kappa shape index (κ2) is 6.47. The van der Waals surface area contributed by atoms with Crippen LogP contribution in [0.25, 0.3) is 11.5 Å². The van der Waals surface area contributed by atoms with Gasteiger partial charge in [0.15, 0.2) is 5.82 Å². The maximum absolute atomic E-state index is 13.4. The van der Waals surface area contributed by atoms with Crippen LogP contribution in [0, 0.1) is 5.82 Å². The predicted molar refractivity (Wildman–Crippen MR) is 75.6 cm³/mol. The Hall–Kier alpha value is -1.95. The number of halogens is 1. The SMILES string of the molecule is CCN(CC)CCc1noc(-c2ccc(N)c(F)c2)n1. The van der Waals surface area contributed by atoms with Gasteiger partial charge in [0.05, 0.1) is 5.69 Å². The molecule has 0 saturated heterocycles. The van der Waals surface area contributed by atoms with Crippen molar-refractivity contribution in [3.05, 3.63) is 29.8 Å². The van der Waals surface area contributed by atoms with Crippen molar-refractivity contribution >= 4 is 5.69 Å². The van der Waals surface area contributed by atoms with E-state index >= 15 is 0 Å². The van der Waals surface area contributed by atoms with Gasteiger partial charge in [-0.15, -0.1) is 0 Å². The summed E-state index contributed by atoms with van der Waals surface area (Å²) in [5.41, 5.74) is 6.08. The molecule has 0 aliphatic heterocycles. The lowest BCUT2D eigenvalue weighted by Gasteiger charge is -2.16. The Kier molecular flexibility index (Phi) is 4.68. The van der Waals surface area contributed by atoms with Gasteiger partial charge in [0.2, 0.25) is 0 Å². The van der Waals surface area contributed by atoms with Gasteiger partial charge in [-0.05, 0) is 31.3 Å². The topological polar surface area (TPSA) is 68.2 Å². The van der Waals surface area contributed by atoms with Crippen LogP contribution in [0.4, 0.5) is 10.1 Å². The third-order valence-electron chi connectivity index (χ3n) is 3.26. The average molecular weight is 278 g/mol. The quantitative estimate of drug-likeness (QED) is 0.821. The third kappa shape index (κ3) is 3.33. The summed E-state index contributed by atoms with van der Waals surface area (Å²) in [6.07, 6.45) is 0.711. The molecule has 5 nitrogen and oxygen atoms in total. The summed E-state index contributed by atoms with van der Waals surface area (Å²) in [4.78, 5) is 6.56. The molecule has 1 aromatic heterocycles. The largest absolute Gasteiger partial charge is 0.396 e. The number of nitrogens with zero attached hydrogens (tertiary/aromatic N) is 3. The van der Waals surface area contributed by atoms with Crippen molar-refractivity contribution in [3.8, 4) is 11.5 Å². The van der Waals surface area contributed by atoms with Crippen LogP contribution < -0.4 is 5.73 Å². The molecule has 0 radical (unpaired) electrons. The molecular formula is C14H19FN4O. The molecule has 0 unspecified atom stereocenters. The van der Waals surface area contributed by atoms with E-state index in [9.17, 15) is 4.39 Å². The second-order valence-electron chi connectivity index (χ2n) is 4.53. The van der Waals surface area contributed by atoms with Gasteiger partial charge in [-0.25, -0.2) is 4.39 Å². The van der Waals surface area contributed by atoms with Crippen LogP contribution in [0.1, 0.15) is 19.7 Å². The molecule has 0 spiro atoms. The highest BCUT2D eigenvalue weighted by molar-refractivity contribution is 5.57. The van der Waals surface area contributed by atoms with Gasteiger partial charge in [-0.3, -0.25) is 0 Å². The molecule has 108 valence electrons. The van der Waals surface area contributed by atoms with Crippen molar-refractivity contribution in [2.45, 2.75) is 20.3 Å². The van der Waals surface area contributed by atoms with Crippen molar-refractivity contribution in [1.82, 2.24) is 15.0 Å². The fourth-order valence-corrected chi connectivity index (χ4v) is 1.93. The molecule has 0 saturated carbocycles. The number of anilines is 1. The molecule has 0 aliphatic rings. The number of nitrogens with two attached hydrogens (primary N) is 1. The van der Waals surface area contributed by atoms with E-state index in [1.165, 1.54) is 12.1 Å². The van der Waals surface area contributed by atoms with Crippen LogP contribution in [0.2, 0.25) is 0 Å². The van der Waals surface area contributed by atoms with Crippen LogP contribution in [-0.4, -0.2) is 34.7 Å². The first kappa shape index (κ1) is 14.5. The fraction of sp³-hybridized carbons (Fsp3) is 0.429. The van der Waals surface area contributed by atoms with Crippen molar-refractivity contribution < 1.29 is 8.91 Å². The highest BCUT2D eigenvalue weighted by Gasteiger charge is 2.11. The molecule has 0 aliphatic carbocycles. The zero-order chi connectivity index (χ0) is 14.5. The van der Waals surface area contributed by atoms with Crippen LogP contribution in [-0.2, 0) is 6.42 Å². The second-order valence-corrected chi connectivity index (χ2v) is 4.53. The number of hydrogen-bond acceptors (Lipinski definition) is 5. The van der Waals surface area contributed by atoms with Crippen LogP contribution in [0.15, 0.2) is 22.7 Å². The van der Waals surface area contributed by atoms with E-state index in [0.717, 1.165) is 19.6 Å². The fourth-order valence-electron chi connectivity index (χ4n) is 1.93. The minimum atomic E-state index is -0.481. The molecular weight excluding hydrogens is 259 g/mol. The van der Waals surface area contributed by atoms with Gasteiger partial charge in [0, 0.05) is 18.5 Å². The van der Waals surface area contributed by atoms with Gasteiger partial charge >= 0.3 is 0 Å². The minimum absolute atomic E-state index is 0.107. The van der Waals surface area contributed by atoms with Crippen molar-refractivity contribution in [1.29, 1.82) is 0 Å². The number of aromatic nitrogens is 2. The van der Waals surface area contributed by atoms with Gasteiger partial charge < -0.3 is 15.2 Å². The molecule has 20 heavy (non-hydrogen) atoms. The van der Waals surface area contributed by atoms with E-state index in [0.29, 0.717) is 23.7 Å². The first-order valence-electron chi connectivity index (χ1n) is 6.74. The predicted octanol–water partition coefficient (Wildman–Crippen LogP) is 2.34. The molecule has 1 aromatic carbocycles. The van der Waals surface area contributed by atoms with Gasteiger partial charge in [-0.1, -0.05) is 19.0 Å². The summed E-state index contributed by atoms with van der Waals surface area (Å²) in [5, 5.41) is 3.92. The summed E-state index contributed by atoms with van der Waals surface area (Å²) in [5.74, 6) is 0.466. The van der Waals surface area contributed by atoms with Crippen LogP contribution in [0.3, 0.4) is 0 Å². The van der Waals surface area contributed by atoms with E-state index < -0.39 is 5.82 Å². The summed E-state index contributed by atoms with van der Waals surface area (Å²) in [6, 6.07) is 4.46. The third-order valence-corrected chi connectivity index (χ3v) is 3.26. The average Bonchev–Trinajstić information content (AvgIpc) is 2.92. The van der Waals surface area contributed by atoms with Crippen LogP contribution in [0.5, 0.6) is 0 Å². The number of likely N-dealkylation sites (N-methyl/N-ethyl adjacent to an activating group) is 1. The summed E-state index contributed by atoms with van der Waals surface area (Å²) in [6.45, 7) is 7.08. The number of benzene rings is 1. The molecule has 0 fully saturated rings. The van der Waals surface area contributed by atoms with Crippen molar-refractivity contribution in [2.24, 2.45) is 0 Å². The molecule has 2 aromatic rings. The molecule has 2 N–H and O–H groups in total. The Bertz CT molecular complexity index is 566. The Labute approximate surface area is 117 Å². The highest BCUT2D eigenvalue weighted by atomic mass is 19.1. The smallest absolute Gasteiger partial charge is 0.258 e. The lowest BCUT2D eigenvalue weighted by molar-refractivity contribution is 0.303. The Morgan fingerprint density at radius 2 is 2.05 bits per heavy atom. The van der Waals surface area contributed by atoms with E-state index in [-0.39, 0.29) is 5.69 Å². The normalized spacial score (nSPS) is 11.2. The van der Waals surface area contributed by atoms with Crippen LogP contribution >= 0.6 is 0 Å². The molecule has 0 bridgehead atoms. The van der Waals surface area contributed by atoms with E-state index in [1.54, 1.807) is 6.07 Å². The molecule has 2 rings (SSSR count). The minimum Gasteiger partial charge on any atom is -0.396 e. The Balaban J connectivity index is 2.06. The molecule has 0 amide bonds. The summed E-state index contributed by atoms with van der Waals surface area (Å²) >= 11 is 0. The first-order chi connectivity index (χ1) is 9.63.